The second kappa shape index (κ2) is 10.2. The van der Waals surface area contributed by atoms with Gasteiger partial charge in [-0.2, -0.15) is 0 Å². The molecule has 2 amide bonds. The van der Waals surface area contributed by atoms with Gasteiger partial charge >= 0.3 is 5.97 Å². The molecule has 0 saturated carbocycles. The number of aliphatic carboxylic acids is 1. The number of hydrogen-bond acceptors (Lipinski definition) is 4. The van der Waals surface area contributed by atoms with Gasteiger partial charge in [-0.15, -0.1) is 0 Å². The highest BCUT2D eigenvalue weighted by molar-refractivity contribution is 5.91. The Balaban J connectivity index is 2.14. The van der Waals surface area contributed by atoms with Crippen molar-refractivity contribution in [3.8, 4) is 0 Å². The lowest BCUT2D eigenvalue weighted by molar-refractivity contribution is -0.142. The molecule has 0 radical (unpaired) electrons. The zero-order valence-corrected chi connectivity index (χ0v) is 15.7. The standard InChI is InChI=1S/C21H25N3O4/c1-14(22)19(25)23-17(12-15-8-4-2-5-9-15)20(26)24-18(21(27)28)13-16-10-6-3-7-11-16/h2-11,14,17-18H,12-13,22H2,1H3,(H,23,25)(H,24,26)(H,27,28). The van der Waals surface area contributed by atoms with Crippen molar-refractivity contribution < 1.29 is 19.5 Å². The Bertz CT molecular complexity index is 794. The fourth-order valence-electron chi connectivity index (χ4n) is 2.68. The second-order valence-electron chi connectivity index (χ2n) is 6.63. The van der Waals surface area contributed by atoms with Gasteiger partial charge in [0.2, 0.25) is 11.8 Å². The molecule has 0 saturated heterocycles. The summed E-state index contributed by atoms with van der Waals surface area (Å²) in [6, 6.07) is 15.4. The summed E-state index contributed by atoms with van der Waals surface area (Å²) in [5.74, 6) is -2.19. The van der Waals surface area contributed by atoms with E-state index in [2.05, 4.69) is 10.6 Å². The number of amides is 2. The van der Waals surface area contributed by atoms with Crippen LogP contribution in [0.2, 0.25) is 0 Å². The van der Waals surface area contributed by atoms with Crippen molar-refractivity contribution in [3.05, 3.63) is 71.8 Å². The number of carboxylic acid groups (broad SMARTS) is 1. The van der Waals surface area contributed by atoms with Crippen molar-refractivity contribution in [1.29, 1.82) is 0 Å². The Labute approximate surface area is 163 Å². The van der Waals surface area contributed by atoms with Gasteiger partial charge in [0.1, 0.15) is 12.1 Å². The predicted octanol–water partition coefficient (Wildman–Crippen LogP) is 0.873. The number of carboxylic acids is 1. The predicted molar refractivity (Wildman–Crippen MR) is 105 cm³/mol. The van der Waals surface area contributed by atoms with E-state index in [4.69, 9.17) is 5.73 Å². The normalized spacial score (nSPS) is 13.8. The zero-order valence-electron chi connectivity index (χ0n) is 15.7. The summed E-state index contributed by atoms with van der Waals surface area (Å²) < 4.78 is 0. The van der Waals surface area contributed by atoms with Gasteiger partial charge in [-0.05, 0) is 18.1 Å². The lowest BCUT2D eigenvalue weighted by atomic mass is 10.0. The monoisotopic (exact) mass is 383 g/mol. The topological polar surface area (TPSA) is 122 Å². The Kier molecular flexibility index (Phi) is 7.71. The van der Waals surface area contributed by atoms with Crippen molar-refractivity contribution >= 4 is 17.8 Å². The van der Waals surface area contributed by atoms with Crippen LogP contribution in [-0.2, 0) is 27.2 Å². The van der Waals surface area contributed by atoms with Crippen LogP contribution >= 0.6 is 0 Å². The SMILES string of the molecule is CC(N)C(=O)NC(Cc1ccccc1)C(=O)NC(Cc1ccccc1)C(=O)O. The molecule has 2 rings (SSSR count). The van der Waals surface area contributed by atoms with Gasteiger partial charge in [0.25, 0.3) is 0 Å². The van der Waals surface area contributed by atoms with E-state index in [0.717, 1.165) is 11.1 Å². The largest absolute Gasteiger partial charge is 0.480 e. The van der Waals surface area contributed by atoms with Crippen LogP contribution in [0.15, 0.2) is 60.7 Å². The summed E-state index contributed by atoms with van der Waals surface area (Å²) in [7, 11) is 0. The number of carbonyl (C=O) groups is 3. The van der Waals surface area contributed by atoms with Crippen molar-refractivity contribution in [2.45, 2.75) is 37.9 Å². The van der Waals surface area contributed by atoms with Crippen molar-refractivity contribution in [2.24, 2.45) is 5.73 Å². The van der Waals surface area contributed by atoms with Crippen LogP contribution in [0.4, 0.5) is 0 Å². The third kappa shape index (κ3) is 6.51. The molecule has 0 aliphatic carbocycles. The highest BCUT2D eigenvalue weighted by Crippen LogP contribution is 2.07. The van der Waals surface area contributed by atoms with Gasteiger partial charge in [0.05, 0.1) is 6.04 Å². The molecule has 0 fully saturated rings. The molecule has 0 spiro atoms. The summed E-state index contributed by atoms with van der Waals surface area (Å²) in [6.45, 7) is 1.52. The quantitative estimate of drug-likeness (QED) is 0.512. The number of nitrogens with two attached hydrogens (primary N) is 1. The fourth-order valence-corrected chi connectivity index (χ4v) is 2.68. The average molecular weight is 383 g/mol. The number of nitrogens with one attached hydrogen (secondary N) is 2. The van der Waals surface area contributed by atoms with E-state index in [-0.39, 0.29) is 12.8 Å². The molecule has 28 heavy (non-hydrogen) atoms. The highest BCUT2D eigenvalue weighted by Gasteiger charge is 2.27. The van der Waals surface area contributed by atoms with E-state index in [9.17, 15) is 19.5 Å². The molecule has 0 aliphatic rings. The summed E-state index contributed by atoms with van der Waals surface area (Å²) in [5.41, 5.74) is 7.21. The molecule has 2 aromatic rings. The minimum atomic E-state index is -1.14. The first-order chi connectivity index (χ1) is 13.4. The molecular formula is C21H25N3O4. The van der Waals surface area contributed by atoms with Gasteiger partial charge < -0.3 is 21.5 Å². The van der Waals surface area contributed by atoms with E-state index in [1.165, 1.54) is 6.92 Å². The van der Waals surface area contributed by atoms with Gasteiger partial charge in [0, 0.05) is 12.8 Å². The van der Waals surface area contributed by atoms with Crippen LogP contribution in [0.5, 0.6) is 0 Å². The van der Waals surface area contributed by atoms with Crippen LogP contribution in [0.3, 0.4) is 0 Å². The van der Waals surface area contributed by atoms with Crippen LogP contribution in [0.25, 0.3) is 0 Å². The van der Waals surface area contributed by atoms with Crippen LogP contribution in [-0.4, -0.2) is 41.0 Å². The Morgan fingerprint density at radius 1 is 0.821 bits per heavy atom. The minimum absolute atomic E-state index is 0.140. The third-order valence-electron chi connectivity index (χ3n) is 4.23. The molecule has 5 N–H and O–H groups in total. The van der Waals surface area contributed by atoms with E-state index in [1.807, 2.05) is 36.4 Å². The first kappa shape index (κ1) is 21.1. The Morgan fingerprint density at radius 3 is 1.68 bits per heavy atom. The molecule has 0 bridgehead atoms. The van der Waals surface area contributed by atoms with Crippen LogP contribution in [0.1, 0.15) is 18.1 Å². The molecule has 148 valence electrons. The van der Waals surface area contributed by atoms with E-state index in [1.54, 1.807) is 24.3 Å². The van der Waals surface area contributed by atoms with Crippen LogP contribution in [0, 0.1) is 0 Å². The minimum Gasteiger partial charge on any atom is -0.480 e. The van der Waals surface area contributed by atoms with Gasteiger partial charge in [-0.25, -0.2) is 4.79 Å². The van der Waals surface area contributed by atoms with Crippen LogP contribution < -0.4 is 16.4 Å². The maximum Gasteiger partial charge on any atom is 0.326 e. The molecule has 0 heterocycles. The molecular weight excluding hydrogens is 358 g/mol. The molecule has 3 unspecified atom stereocenters. The van der Waals surface area contributed by atoms with Crippen molar-refractivity contribution in [3.63, 3.8) is 0 Å². The smallest absolute Gasteiger partial charge is 0.326 e. The second-order valence-corrected chi connectivity index (χ2v) is 6.63. The number of hydrogen-bond donors (Lipinski definition) is 4. The Hall–Kier alpha value is -3.19. The zero-order chi connectivity index (χ0) is 20.5. The first-order valence-electron chi connectivity index (χ1n) is 9.04. The molecule has 0 aliphatic heterocycles. The number of rotatable bonds is 9. The Morgan fingerprint density at radius 2 is 1.25 bits per heavy atom. The fraction of sp³-hybridized carbons (Fsp3) is 0.286. The van der Waals surface area contributed by atoms with Gasteiger partial charge in [0.15, 0.2) is 0 Å². The number of benzene rings is 2. The first-order valence-corrected chi connectivity index (χ1v) is 9.04. The maximum absolute atomic E-state index is 12.8. The maximum atomic E-state index is 12.8. The van der Waals surface area contributed by atoms with Crippen molar-refractivity contribution in [1.82, 2.24) is 10.6 Å². The van der Waals surface area contributed by atoms with E-state index < -0.39 is 35.9 Å². The summed E-state index contributed by atoms with van der Waals surface area (Å²) in [6.07, 6.45) is 0.365. The lowest BCUT2D eigenvalue weighted by Crippen LogP contribution is -2.55. The molecule has 2 aromatic carbocycles. The summed E-state index contributed by atoms with van der Waals surface area (Å²) >= 11 is 0. The summed E-state index contributed by atoms with van der Waals surface area (Å²) in [5, 5.41) is 14.6. The lowest BCUT2D eigenvalue weighted by Gasteiger charge is -2.22. The third-order valence-corrected chi connectivity index (χ3v) is 4.23. The van der Waals surface area contributed by atoms with Gasteiger partial charge in [-0.1, -0.05) is 60.7 Å². The average Bonchev–Trinajstić information content (AvgIpc) is 2.68. The van der Waals surface area contributed by atoms with E-state index >= 15 is 0 Å². The van der Waals surface area contributed by atoms with Gasteiger partial charge in [-0.3, -0.25) is 9.59 Å². The molecule has 0 aromatic heterocycles. The molecule has 7 nitrogen and oxygen atoms in total. The van der Waals surface area contributed by atoms with E-state index in [0.29, 0.717) is 0 Å². The summed E-state index contributed by atoms with van der Waals surface area (Å²) in [4.78, 5) is 36.4. The van der Waals surface area contributed by atoms with Crippen molar-refractivity contribution in [2.75, 3.05) is 0 Å². The highest BCUT2D eigenvalue weighted by atomic mass is 16.4. The molecule has 7 heteroatoms. The molecule has 3 atom stereocenters. The number of carbonyl (C=O) groups excluding carboxylic acids is 2.